The second-order valence-corrected chi connectivity index (χ2v) is 5.88. The second-order valence-electron chi connectivity index (χ2n) is 5.88. The van der Waals surface area contributed by atoms with E-state index in [9.17, 15) is 4.79 Å². The second kappa shape index (κ2) is 6.71. The number of carbonyl (C=O) groups is 1. The molecule has 0 fully saturated rings. The van der Waals surface area contributed by atoms with Gasteiger partial charge in [0.1, 0.15) is 18.1 Å². The topological polar surface area (TPSA) is 48.4 Å². The number of allylic oxidation sites excluding steroid dienone is 2. The zero-order valence-electron chi connectivity index (χ0n) is 14.0. The summed E-state index contributed by atoms with van der Waals surface area (Å²) >= 11 is 0. The fraction of sp³-hybridized carbons (Fsp3) is 0.200. The minimum atomic E-state index is -0.110. The van der Waals surface area contributed by atoms with Crippen molar-refractivity contribution in [2.24, 2.45) is 0 Å². The van der Waals surface area contributed by atoms with Gasteiger partial charge in [0.25, 0.3) is 0 Å². The van der Waals surface area contributed by atoms with Gasteiger partial charge in [-0.25, -0.2) is 0 Å². The van der Waals surface area contributed by atoms with Crippen LogP contribution >= 0.6 is 0 Å². The van der Waals surface area contributed by atoms with E-state index in [1.807, 2.05) is 45.0 Å². The van der Waals surface area contributed by atoms with Crippen molar-refractivity contribution in [1.82, 2.24) is 4.98 Å². The van der Waals surface area contributed by atoms with Gasteiger partial charge in [-0.05, 0) is 62.8 Å². The fourth-order valence-electron chi connectivity index (χ4n) is 2.43. The van der Waals surface area contributed by atoms with Crippen LogP contribution in [0, 0.1) is 6.92 Å². The van der Waals surface area contributed by atoms with Crippen LogP contribution in [0.5, 0.6) is 11.5 Å². The van der Waals surface area contributed by atoms with Crippen molar-refractivity contribution in [2.45, 2.75) is 20.8 Å². The lowest BCUT2D eigenvalue weighted by molar-refractivity contribution is 0.101. The smallest absolute Gasteiger partial charge is 0.231 e. The molecule has 0 aliphatic carbocycles. The molecule has 3 rings (SSSR count). The number of carbonyl (C=O) groups excluding carboxylic acids is 1. The third kappa shape index (κ3) is 3.23. The molecule has 2 heterocycles. The number of rotatable bonds is 4. The monoisotopic (exact) mass is 321 g/mol. The molecule has 4 heteroatoms. The third-order valence-electron chi connectivity index (χ3n) is 3.77. The molecule has 24 heavy (non-hydrogen) atoms. The van der Waals surface area contributed by atoms with Crippen LogP contribution in [0.1, 0.15) is 35.3 Å². The summed E-state index contributed by atoms with van der Waals surface area (Å²) in [6.07, 6.45) is 7.10. The van der Waals surface area contributed by atoms with Gasteiger partial charge in [0.2, 0.25) is 5.78 Å². The predicted octanol–water partition coefficient (Wildman–Crippen LogP) is 4.35. The summed E-state index contributed by atoms with van der Waals surface area (Å²) < 4.78 is 11.6. The van der Waals surface area contributed by atoms with Crippen LogP contribution in [0.4, 0.5) is 0 Å². The molecule has 1 aliphatic heterocycles. The van der Waals surface area contributed by atoms with Crippen LogP contribution in [0.2, 0.25) is 0 Å². The van der Waals surface area contributed by atoms with E-state index in [2.05, 4.69) is 4.98 Å². The van der Waals surface area contributed by atoms with Crippen LogP contribution in [0.15, 0.2) is 54.1 Å². The van der Waals surface area contributed by atoms with E-state index in [4.69, 9.17) is 9.47 Å². The molecule has 1 aliphatic rings. The largest absolute Gasteiger partial charge is 0.489 e. The average Bonchev–Trinajstić information content (AvgIpc) is 2.88. The Morgan fingerprint density at radius 2 is 1.96 bits per heavy atom. The Balaban J connectivity index is 1.87. The number of nitrogens with zero attached hydrogens (tertiary/aromatic N) is 1. The van der Waals surface area contributed by atoms with Crippen molar-refractivity contribution in [3.63, 3.8) is 0 Å². The molecule has 2 aromatic rings. The summed E-state index contributed by atoms with van der Waals surface area (Å²) in [6, 6.07) is 7.24. The van der Waals surface area contributed by atoms with Crippen molar-refractivity contribution >= 4 is 11.9 Å². The number of hydrogen-bond acceptors (Lipinski definition) is 4. The Morgan fingerprint density at radius 1 is 1.21 bits per heavy atom. The van der Waals surface area contributed by atoms with Crippen LogP contribution in [0.25, 0.3) is 6.08 Å². The number of pyridine rings is 1. The van der Waals surface area contributed by atoms with E-state index in [0.29, 0.717) is 23.7 Å². The molecule has 0 N–H and O–H groups in total. The number of aromatic nitrogens is 1. The first-order valence-corrected chi connectivity index (χ1v) is 7.80. The fourth-order valence-corrected chi connectivity index (χ4v) is 2.43. The maximum Gasteiger partial charge on any atom is 0.231 e. The van der Waals surface area contributed by atoms with Crippen molar-refractivity contribution in [3.05, 3.63) is 70.8 Å². The zero-order chi connectivity index (χ0) is 17.1. The Bertz CT molecular complexity index is 831. The Labute approximate surface area is 141 Å². The molecular weight excluding hydrogens is 302 g/mol. The molecule has 0 unspecified atom stereocenters. The summed E-state index contributed by atoms with van der Waals surface area (Å²) in [5.41, 5.74) is 3.48. The molecule has 0 saturated carbocycles. The predicted molar refractivity (Wildman–Crippen MR) is 93.3 cm³/mol. The number of Topliss-reactive ketones (excluding diaryl/α,β-unsaturated/α-hetero) is 1. The minimum absolute atomic E-state index is 0.110. The van der Waals surface area contributed by atoms with E-state index >= 15 is 0 Å². The van der Waals surface area contributed by atoms with Gasteiger partial charge in [-0.1, -0.05) is 5.57 Å². The van der Waals surface area contributed by atoms with Crippen molar-refractivity contribution < 1.29 is 14.3 Å². The van der Waals surface area contributed by atoms with Gasteiger partial charge < -0.3 is 9.47 Å². The highest BCUT2D eigenvalue weighted by molar-refractivity contribution is 6.14. The van der Waals surface area contributed by atoms with Gasteiger partial charge in [-0.2, -0.15) is 0 Å². The lowest BCUT2D eigenvalue weighted by atomic mass is 10.1. The first-order chi connectivity index (χ1) is 11.6. The Hall–Kier alpha value is -2.88. The molecule has 1 aromatic heterocycles. The van der Waals surface area contributed by atoms with Gasteiger partial charge >= 0.3 is 0 Å². The summed E-state index contributed by atoms with van der Waals surface area (Å²) in [7, 11) is 0. The number of benzene rings is 1. The molecule has 0 bridgehead atoms. The maximum atomic E-state index is 12.5. The van der Waals surface area contributed by atoms with Gasteiger partial charge in [0.15, 0.2) is 5.76 Å². The van der Waals surface area contributed by atoms with E-state index < -0.39 is 0 Å². The highest BCUT2D eigenvalue weighted by atomic mass is 16.5. The molecule has 0 radical (unpaired) electrons. The first kappa shape index (κ1) is 16.0. The standard InChI is InChI=1S/C20H19NO3/c1-13(2)8-11-23-17-5-4-16-19(22)18(24-20(16)14(17)3)12-15-6-9-21-10-7-15/h4-10,12H,11H2,1-3H3/b18-12-. The molecule has 0 spiro atoms. The number of fused-ring (bicyclic) bond motifs is 1. The summed E-state index contributed by atoms with van der Waals surface area (Å²) in [6.45, 7) is 6.45. The summed E-state index contributed by atoms with van der Waals surface area (Å²) in [4.78, 5) is 16.5. The van der Waals surface area contributed by atoms with Crippen LogP contribution in [0.3, 0.4) is 0 Å². The molecule has 0 atom stereocenters. The number of ether oxygens (including phenoxy) is 2. The Kier molecular flexibility index (Phi) is 4.47. The van der Waals surface area contributed by atoms with E-state index in [1.54, 1.807) is 24.5 Å². The first-order valence-electron chi connectivity index (χ1n) is 7.80. The Morgan fingerprint density at radius 3 is 2.67 bits per heavy atom. The zero-order valence-corrected chi connectivity index (χ0v) is 14.0. The van der Waals surface area contributed by atoms with Crippen molar-refractivity contribution in [3.8, 4) is 11.5 Å². The van der Waals surface area contributed by atoms with Crippen molar-refractivity contribution in [1.29, 1.82) is 0 Å². The van der Waals surface area contributed by atoms with Crippen LogP contribution in [-0.2, 0) is 0 Å². The van der Waals surface area contributed by atoms with Crippen LogP contribution < -0.4 is 9.47 Å². The molecule has 4 nitrogen and oxygen atoms in total. The quantitative estimate of drug-likeness (QED) is 0.620. The van der Waals surface area contributed by atoms with Crippen molar-refractivity contribution in [2.75, 3.05) is 6.61 Å². The van der Waals surface area contributed by atoms with Gasteiger partial charge in [0, 0.05) is 18.0 Å². The average molecular weight is 321 g/mol. The van der Waals surface area contributed by atoms with E-state index in [1.165, 1.54) is 5.57 Å². The lowest BCUT2D eigenvalue weighted by Gasteiger charge is -2.10. The molecule has 0 amide bonds. The summed E-state index contributed by atoms with van der Waals surface area (Å²) in [5.74, 6) is 1.51. The minimum Gasteiger partial charge on any atom is -0.489 e. The molecular formula is C20H19NO3. The van der Waals surface area contributed by atoms with Gasteiger partial charge in [0.05, 0.1) is 5.56 Å². The maximum absolute atomic E-state index is 12.5. The van der Waals surface area contributed by atoms with E-state index in [-0.39, 0.29) is 5.78 Å². The number of hydrogen-bond donors (Lipinski definition) is 0. The highest BCUT2D eigenvalue weighted by Gasteiger charge is 2.30. The lowest BCUT2D eigenvalue weighted by Crippen LogP contribution is -1.98. The third-order valence-corrected chi connectivity index (χ3v) is 3.77. The normalized spacial score (nSPS) is 14.3. The molecule has 0 saturated heterocycles. The SMILES string of the molecule is CC(C)=CCOc1ccc2c(c1C)O/C(=C\c1ccncc1)C2=O. The molecule has 1 aromatic carbocycles. The van der Waals surface area contributed by atoms with E-state index in [0.717, 1.165) is 16.9 Å². The summed E-state index contributed by atoms with van der Waals surface area (Å²) in [5, 5.41) is 0. The van der Waals surface area contributed by atoms with Gasteiger partial charge in [-0.15, -0.1) is 0 Å². The highest BCUT2D eigenvalue weighted by Crippen LogP contribution is 2.39. The molecule has 122 valence electrons. The number of ketones is 1. The van der Waals surface area contributed by atoms with Gasteiger partial charge in [-0.3, -0.25) is 9.78 Å². The van der Waals surface area contributed by atoms with Crippen LogP contribution in [-0.4, -0.2) is 17.4 Å².